The van der Waals surface area contributed by atoms with E-state index in [1.165, 1.54) is 37.9 Å². The van der Waals surface area contributed by atoms with Gasteiger partial charge in [0, 0.05) is 25.0 Å². The summed E-state index contributed by atoms with van der Waals surface area (Å²) in [4.78, 5) is 14.7. The Labute approximate surface area is 138 Å². The van der Waals surface area contributed by atoms with E-state index in [2.05, 4.69) is 17.1 Å². The highest BCUT2D eigenvalue weighted by Crippen LogP contribution is 2.47. The summed E-state index contributed by atoms with van der Waals surface area (Å²) >= 11 is 0. The summed E-state index contributed by atoms with van der Waals surface area (Å²) in [6, 6.07) is 7.23. The predicted octanol–water partition coefficient (Wildman–Crippen LogP) is 3.31. The number of carbonyl (C=O) groups is 1. The zero-order chi connectivity index (χ0) is 16.2. The highest BCUT2D eigenvalue weighted by Gasteiger charge is 2.43. The van der Waals surface area contributed by atoms with E-state index >= 15 is 0 Å². The summed E-state index contributed by atoms with van der Waals surface area (Å²) in [7, 11) is 0. The van der Waals surface area contributed by atoms with Crippen molar-refractivity contribution >= 4 is 5.91 Å². The monoisotopic (exact) mass is 318 g/mol. The first-order valence-electron chi connectivity index (χ1n) is 8.92. The molecule has 2 aliphatic rings. The van der Waals surface area contributed by atoms with Gasteiger partial charge in [-0.25, -0.2) is 4.39 Å². The largest absolute Gasteiger partial charge is 0.356 e. The highest BCUT2D eigenvalue weighted by atomic mass is 19.1. The predicted molar refractivity (Wildman–Crippen MR) is 89.8 cm³/mol. The standard InChI is InChI=1S/C19H27FN2O/c1-14-5-2-3-11-22(14)12-4-10-21-19(23)18-13-17(18)15-6-8-16(20)9-7-15/h6-9,14,17-18H,2-5,10-13H2,1H3,(H,21,23). The van der Waals surface area contributed by atoms with Gasteiger partial charge in [-0.2, -0.15) is 0 Å². The lowest BCUT2D eigenvalue weighted by Gasteiger charge is -2.33. The van der Waals surface area contributed by atoms with Gasteiger partial charge in [-0.15, -0.1) is 0 Å². The van der Waals surface area contributed by atoms with Gasteiger partial charge in [0.2, 0.25) is 5.91 Å². The van der Waals surface area contributed by atoms with Crippen LogP contribution in [-0.2, 0) is 4.79 Å². The van der Waals surface area contributed by atoms with Crippen molar-refractivity contribution in [2.75, 3.05) is 19.6 Å². The van der Waals surface area contributed by atoms with E-state index in [9.17, 15) is 9.18 Å². The highest BCUT2D eigenvalue weighted by molar-refractivity contribution is 5.82. The summed E-state index contributed by atoms with van der Waals surface area (Å²) in [5.74, 6) is 0.292. The summed E-state index contributed by atoms with van der Waals surface area (Å²) in [6.45, 7) is 5.34. The van der Waals surface area contributed by atoms with Crippen LogP contribution in [0.3, 0.4) is 0 Å². The second kappa shape index (κ2) is 7.43. The van der Waals surface area contributed by atoms with Crippen LogP contribution in [0.25, 0.3) is 0 Å². The van der Waals surface area contributed by atoms with Crippen LogP contribution in [0.5, 0.6) is 0 Å². The minimum atomic E-state index is -0.220. The smallest absolute Gasteiger partial charge is 0.223 e. The Balaban J connectivity index is 1.35. The number of amides is 1. The van der Waals surface area contributed by atoms with Crippen molar-refractivity contribution in [3.05, 3.63) is 35.6 Å². The minimum absolute atomic E-state index is 0.0781. The van der Waals surface area contributed by atoms with Gasteiger partial charge in [0.25, 0.3) is 0 Å². The number of rotatable bonds is 6. The fourth-order valence-corrected chi connectivity index (χ4v) is 3.68. The third-order valence-electron chi connectivity index (χ3n) is 5.29. The maximum absolute atomic E-state index is 12.9. The Bertz CT molecular complexity index is 531. The van der Waals surface area contributed by atoms with Gasteiger partial charge in [0.1, 0.15) is 5.82 Å². The molecule has 126 valence electrons. The third-order valence-corrected chi connectivity index (χ3v) is 5.29. The van der Waals surface area contributed by atoms with Gasteiger partial charge in [-0.3, -0.25) is 4.79 Å². The average Bonchev–Trinajstić information content (AvgIpc) is 3.34. The molecule has 1 aliphatic heterocycles. The second-order valence-electron chi connectivity index (χ2n) is 7.03. The molecule has 0 aromatic heterocycles. The quantitative estimate of drug-likeness (QED) is 0.816. The van der Waals surface area contributed by atoms with Crippen LogP contribution in [-0.4, -0.2) is 36.5 Å². The van der Waals surface area contributed by atoms with E-state index in [1.807, 2.05) is 0 Å². The fourth-order valence-electron chi connectivity index (χ4n) is 3.68. The van der Waals surface area contributed by atoms with E-state index in [-0.39, 0.29) is 23.6 Å². The van der Waals surface area contributed by atoms with Crippen LogP contribution in [0.15, 0.2) is 24.3 Å². The number of carbonyl (C=O) groups excluding carboxylic acids is 1. The maximum Gasteiger partial charge on any atom is 0.223 e. The molecule has 1 aliphatic carbocycles. The van der Waals surface area contributed by atoms with Crippen LogP contribution < -0.4 is 5.32 Å². The molecule has 23 heavy (non-hydrogen) atoms. The zero-order valence-corrected chi connectivity index (χ0v) is 13.9. The summed E-state index contributed by atoms with van der Waals surface area (Å²) in [5, 5.41) is 3.07. The van der Waals surface area contributed by atoms with Crippen molar-refractivity contribution in [1.29, 1.82) is 0 Å². The van der Waals surface area contributed by atoms with Gasteiger partial charge in [0.15, 0.2) is 0 Å². The topological polar surface area (TPSA) is 32.3 Å². The van der Waals surface area contributed by atoms with Gasteiger partial charge < -0.3 is 10.2 Å². The van der Waals surface area contributed by atoms with Crippen molar-refractivity contribution in [3.63, 3.8) is 0 Å². The summed E-state index contributed by atoms with van der Waals surface area (Å²) < 4.78 is 12.9. The SMILES string of the molecule is CC1CCCCN1CCCNC(=O)C1CC1c1ccc(F)cc1. The van der Waals surface area contributed by atoms with Crippen LogP contribution in [0.2, 0.25) is 0 Å². The number of likely N-dealkylation sites (tertiary alicyclic amines) is 1. The molecular weight excluding hydrogens is 291 g/mol. The number of halogens is 1. The van der Waals surface area contributed by atoms with Crippen LogP contribution in [0.1, 0.15) is 50.5 Å². The molecule has 3 nitrogen and oxygen atoms in total. The average molecular weight is 318 g/mol. The molecule has 1 saturated heterocycles. The van der Waals surface area contributed by atoms with Crippen molar-refractivity contribution in [2.45, 2.75) is 51.0 Å². The molecule has 3 unspecified atom stereocenters. The molecule has 1 N–H and O–H groups in total. The lowest BCUT2D eigenvalue weighted by molar-refractivity contribution is -0.122. The lowest BCUT2D eigenvalue weighted by Crippen LogP contribution is -2.39. The lowest BCUT2D eigenvalue weighted by atomic mass is 10.0. The van der Waals surface area contributed by atoms with Crippen LogP contribution >= 0.6 is 0 Å². The molecule has 1 saturated carbocycles. The number of nitrogens with zero attached hydrogens (tertiary/aromatic N) is 1. The first-order chi connectivity index (χ1) is 11.1. The van der Waals surface area contributed by atoms with E-state index in [4.69, 9.17) is 0 Å². The molecule has 3 atom stereocenters. The summed E-state index contributed by atoms with van der Waals surface area (Å²) in [6.07, 6.45) is 5.86. The molecule has 0 spiro atoms. The first-order valence-corrected chi connectivity index (χ1v) is 8.92. The Hall–Kier alpha value is -1.42. The molecule has 1 amide bonds. The Kier molecular flexibility index (Phi) is 5.31. The van der Waals surface area contributed by atoms with E-state index in [0.29, 0.717) is 6.04 Å². The molecule has 1 aromatic carbocycles. The number of piperidine rings is 1. The number of hydrogen-bond donors (Lipinski definition) is 1. The van der Waals surface area contributed by atoms with Crippen LogP contribution in [0.4, 0.5) is 4.39 Å². The maximum atomic E-state index is 12.9. The first kappa shape index (κ1) is 16.4. The molecule has 0 bridgehead atoms. The molecule has 2 fully saturated rings. The van der Waals surface area contributed by atoms with Gasteiger partial charge in [-0.05, 0) is 62.8 Å². The second-order valence-corrected chi connectivity index (χ2v) is 7.03. The Morgan fingerprint density at radius 1 is 1.30 bits per heavy atom. The molecule has 0 radical (unpaired) electrons. The van der Waals surface area contributed by atoms with Crippen molar-refractivity contribution in [1.82, 2.24) is 10.2 Å². The molecular formula is C19H27FN2O. The van der Waals surface area contributed by atoms with Crippen molar-refractivity contribution in [3.8, 4) is 0 Å². The number of benzene rings is 1. The Morgan fingerprint density at radius 3 is 2.83 bits per heavy atom. The van der Waals surface area contributed by atoms with Gasteiger partial charge >= 0.3 is 0 Å². The zero-order valence-electron chi connectivity index (χ0n) is 13.9. The molecule has 4 heteroatoms. The van der Waals surface area contributed by atoms with E-state index < -0.39 is 0 Å². The molecule has 1 aromatic rings. The minimum Gasteiger partial charge on any atom is -0.356 e. The third kappa shape index (κ3) is 4.31. The molecule has 3 rings (SSSR count). The summed E-state index contributed by atoms with van der Waals surface area (Å²) in [5.41, 5.74) is 1.08. The van der Waals surface area contributed by atoms with E-state index in [0.717, 1.165) is 31.5 Å². The normalized spacial score (nSPS) is 27.7. The van der Waals surface area contributed by atoms with E-state index in [1.54, 1.807) is 12.1 Å². The van der Waals surface area contributed by atoms with Gasteiger partial charge in [-0.1, -0.05) is 18.6 Å². The fraction of sp³-hybridized carbons (Fsp3) is 0.632. The number of nitrogens with one attached hydrogen (secondary N) is 1. The van der Waals surface area contributed by atoms with Crippen molar-refractivity contribution in [2.24, 2.45) is 5.92 Å². The number of hydrogen-bond acceptors (Lipinski definition) is 2. The Morgan fingerprint density at radius 2 is 2.09 bits per heavy atom. The van der Waals surface area contributed by atoms with Crippen LogP contribution in [0, 0.1) is 11.7 Å². The van der Waals surface area contributed by atoms with Crippen molar-refractivity contribution < 1.29 is 9.18 Å². The van der Waals surface area contributed by atoms with Gasteiger partial charge in [0.05, 0.1) is 0 Å². The molecule has 1 heterocycles.